The van der Waals surface area contributed by atoms with E-state index >= 15 is 0 Å². The Balaban J connectivity index is 1.70. The van der Waals surface area contributed by atoms with Crippen LogP contribution < -0.4 is 5.32 Å². The highest BCUT2D eigenvalue weighted by atomic mass is 32.1. The summed E-state index contributed by atoms with van der Waals surface area (Å²) in [4.78, 5) is 28.1. The van der Waals surface area contributed by atoms with Crippen LogP contribution in [0.3, 0.4) is 0 Å². The number of carboxylic acid groups (broad SMARTS) is 1. The van der Waals surface area contributed by atoms with Crippen LogP contribution in [0.15, 0.2) is 29.6 Å². The summed E-state index contributed by atoms with van der Waals surface area (Å²) in [6.07, 6.45) is 2.82. The highest BCUT2D eigenvalue weighted by Gasteiger charge is 2.35. The van der Waals surface area contributed by atoms with Gasteiger partial charge in [0.1, 0.15) is 5.82 Å². The summed E-state index contributed by atoms with van der Waals surface area (Å²) in [5.74, 6) is -2.67. The smallest absolute Gasteiger partial charge is 0.307 e. The highest BCUT2D eigenvalue weighted by molar-refractivity contribution is 7.14. The number of carbonyl (C=O) groups excluding carboxylic acids is 1. The van der Waals surface area contributed by atoms with E-state index in [9.17, 15) is 19.1 Å². The largest absolute Gasteiger partial charge is 0.481 e. The first-order valence-electron chi connectivity index (χ1n) is 7.80. The zero-order chi connectivity index (χ0) is 17.1. The lowest BCUT2D eigenvalue weighted by Gasteiger charge is -2.26. The molecule has 0 saturated heterocycles. The number of nitrogens with one attached hydrogen (secondary N) is 1. The molecule has 2 aromatic rings. The maximum absolute atomic E-state index is 13.0. The normalized spacial score (nSPS) is 20.5. The number of carboxylic acids is 1. The van der Waals surface area contributed by atoms with Crippen LogP contribution in [-0.2, 0) is 9.59 Å². The second kappa shape index (κ2) is 7.09. The van der Waals surface area contributed by atoms with Crippen LogP contribution in [0.1, 0.15) is 25.7 Å². The molecule has 1 aromatic heterocycles. The van der Waals surface area contributed by atoms with Gasteiger partial charge in [0.05, 0.1) is 17.5 Å². The number of thiazole rings is 1. The van der Waals surface area contributed by atoms with Crippen molar-refractivity contribution < 1.29 is 19.1 Å². The predicted octanol–water partition coefficient (Wildman–Crippen LogP) is 3.78. The molecule has 1 amide bonds. The number of hydrogen-bond donors (Lipinski definition) is 2. The van der Waals surface area contributed by atoms with Crippen LogP contribution in [0.25, 0.3) is 11.3 Å². The zero-order valence-corrected chi connectivity index (χ0v) is 13.7. The lowest BCUT2D eigenvalue weighted by molar-refractivity contribution is -0.147. The van der Waals surface area contributed by atoms with E-state index in [-0.39, 0.29) is 11.7 Å². The maximum atomic E-state index is 13.0. The second-order valence-corrected chi connectivity index (χ2v) is 6.73. The molecule has 0 aliphatic heterocycles. The van der Waals surface area contributed by atoms with Crippen molar-refractivity contribution >= 4 is 28.3 Å². The molecule has 126 valence electrons. The Labute approximate surface area is 142 Å². The lowest BCUT2D eigenvalue weighted by Crippen LogP contribution is -2.36. The Morgan fingerprint density at radius 3 is 2.50 bits per heavy atom. The number of aromatic nitrogens is 1. The Morgan fingerprint density at radius 2 is 1.83 bits per heavy atom. The Morgan fingerprint density at radius 1 is 1.17 bits per heavy atom. The Bertz CT molecular complexity index is 745. The summed E-state index contributed by atoms with van der Waals surface area (Å²) in [6, 6.07) is 5.95. The van der Waals surface area contributed by atoms with Gasteiger partial charge in [-0.15, -0.1) is 11.3 Å². The number of rotatable bonds is 4. The molecule has 7 heteroatoms. The molecule has 1 aliphatic rings. The number of aliphatic carboxylic acids is 1. The van der Waals surface area contributed by atoms with E-state index in [1.54, 1.807) is 17.5 Å². The number of anilines is 1. The summed E-state index contributed by atoms with van der Waals surface area (Å²) < 4.78 is 13.0. The second-order valence-electron chi connectivity index (χ2n) is 5.87. The van der Waals surface area contributed by atoms with Crippen molar-refractivity contribution in [3.05, 3.63) is 35.5 Å². The van der Waals surface area contributed by atoms with Gasteiger partial charge >= 0.3 is 5.97 Å². The molecule has 24 heavy (non-hydrogen) atoms. The molecule has 1 aromatic carbocycles. The molecule has 0 unspecified atom stereocenters. The molecule has 1 fully saturated rings. The monoisotopic (exact) mass is 348 g/mol. The third kappa shape index (κ3) is 3.62. The van der Waals surface area contributed by atoms with Gasteiger partial charge in [0.15, 0.2) is 5.13 Å². The van der Waals surface area contributed by atoms with Crippen molar-refractivity contribution in [2.24, 2.45) is 11.8 Å². The van der Waals surface area contributed by atoms with Crippen LogP contribution >= 0.6 is 11.3 Å². The summed E-state index contributed by atoms with van der Waals surface area (Å²) >= 11 is 1.27. The van der Waals surface area contributed by atoms with Gasteiger partial charge in [-0.1, -0.05) is 12.8 Å². The first-order valence-corrected chi connectivity index (χ1v) is 8.67. The minimum Gasteiger partial charge on any atom is -0.481 e. The molecule has 1 aliphatic carbocycles. The number of amides is 1. The summed E-state index contributed by atoms with van der Waals surface area (Å²) in [5.41, 5.74) is 1.41. The van der Waals surface area contributed by atoms with Crippen LogP contribution in [0.5, 0.6) is 0 Å². The van der Waals surface area contributed by atoms with E-state index in [0.29, 0.717) is 23.7 Å². The SMILES string of the molecule is O=C(O)[C@@H]1CCCC[C@H]1C(=O)Nc1nc(-c2ccc(F)cc2)cs1. The van der Waals surface area contributed by atoms with E-state index in [2.05, 4.69) is 10.3 Å². The fourth-order valence-electron chi connectivity index (χ4n) is 3.02. The van der Waals surface area contributed by atoms with Crippen LogP contribution in [-0.4, -0.2) is 22.0 Å². The van der Waals surface area contributed by atoms with E-state index in [4.69, 9.17) is 0 Å². The van der Waals surface area contributed by atoms with Gasteiger partial charge < -0.3 is 10.4 Å². The predicted molar refractivity (Wildman–Crippen MR) is 89.2 cm³/mol. The van der Waals surface area contributed by atoms with Crippen molar-refractivity contribution in [3.63, 3.8) is 0 Å². The van der Waals surface area contributed by atoms with Gasteiger partial charge in [0.2, 0.25) is 5.91 Å². The number of carbonyl (C=O) groups is 2. The molecule has 5 nitrogen and oxygen atoms in total. The topological polar surface area (TPSA) is 79.3 Å². The standard InChI is InChI=1S/C17H17FN2O3S/c18-11-7-5-10(6-8-11)14-9-24-17(19-14)20-15(21)12-3-1-2-4-13(12)16(22)23/h5-9,12-13H,1-4H2,(H,22,23)(H,19,20,21)/t12-,13-/m1/s1. The fourth-order valence-corrected chi connectivity index (χ4v) is 3.75. The average Bonchev–Trinajstić information content (AvgIpc) is 3.04. The van der Waals surface area contributed by atoms with E-state index in [0.717, 1.165) is 18.4 Å². The van der Waals surface area contributed by atoms with Crippen LogP contribution in [0.2, 0.25) is 0 Å². The zero-order valence-electron chi connectivity index (χ0n) is 12.9. The third-order valence-electron chi connectivity index (χ3n) is 4.29. The lowest BCUT2D eigenvalue weighted by atomic mass is 9.79. The van der Waals surface area contributed by atoms with Gasteiger partial charge in [-0.2, -0.15) is 0 Å². The van der Waals surface area contributed by atoms with Gasteiger partial charge in [-0.25, -0.2) is 9.37 Å². The molecule has 0 spiro atoms. The van der Waals surface area contributed by atoms with Gasteiger partial charge in [-0.05, 0) is 37.1 Å². The van der Waals surface area contributed by atoms with Crippen molar-refractivity contribution in [1.82, 2.24) is 4.98 Å². The summed E-state index contributed by atoms with van der Waals surface area (Å²) in [5, 5.41) is 14.2. The third-order valence-corrected chi connectivity index (χ3v) is 5.05. The minimum absolute atomic E-state index is 0.290. The van der Waals surface area contributed by atoms with E-state index < -0.39 is 17.8 Å². The molecule has 2 atom stereocenters. The number of nitrogens with zero attached hydrogens (tertiary/aromatic N) is 1. The van der Waals surface area contributed by atoms with Crippen molar-refractivity contribution in [2.45, 2.75) is 25.7 Å². The summed E-state index contributed by atoms with van der Waals surface area (Å²) in [7, 11) is 0. The molecule has 0 bridgehead atoms. The molecule has 0 radical (unpaired) electrons. The van der Waals surface area contributed by atoms with E-state index in [1.807, 2.05) is 0 Å². The highest BCUT2D eigenvalue weighted by Crippen LogP contribution is 2.32. The average molecular weight is 348 g/mol. The molecular formula is C17H17FN2O3S. The fraction of sp³-hybridized carbons (Fsp3) is 0.353. The first kappa shape index (κ1) is 16.6. The Hall–Kier alpha value is -2.28. The van der Waals surface area contributed by atoms with Crippen molar-refractivity contribution in [1.29, 1.82) is 0 Å². The van der Waals surface area contributed by atoms with E-state index in [1.165, 1.54) is 23.5 Å². The van der Waals surface area contributed by atoms with Gasteiger partial charge in [-0.3, -0.25) is 9.59 Å². The van der Waals surface area contributed by atoms with Gasteiger partial charge in [0, 0.05) is 10.9 Å². The Kier molecular flexibility index (Phi) is 4.89. The quantitative estimate of drug-likeness (QED) is 0.881. The number of hydrogen-bond acceptors (Lipinski definition) is 4. The molecule has 3 rings (SSSR count). The number of benzene rings is 1. The molecule has 2 N–H and O–H groups in total. The molecular weight excluding hydrogens is 331 g/mol. The molecule has 1 heterocycles. The van der Waals surface area contributed by atoms with Crippen molar-refractivity contribution in [2.75, 3.05) is 5.32 Å². The number of halogens is 1. The first-order chi connectivity index (χ1) is 11.5. The maximum Gasteiger partial charge on any atom is 0.307 e. The van der Waals surface area contributed by atoms with Crippen LogP contribution in [0.4, 0.5) is 9.52 Å². The van der Waals surface area contributed by atoms with Gasteiger partial charge in [0.25, 0.3) is 0 Å². The summed E-state index contributed by atoms with van der Waals surface area (Å²) in [6.45, 7) is 0. The molecule has 1 saturated carbocycles. The van der Waals surface area contributed by atoms with Crippen molar-refractivity contribution in [3.8, 4) is 11.3 Å². The van der Waals surface area contributed by atoms with Crippen LogP contribution in [0, 0.1) is 17.7 Å². The minimum atomic E-state index is -0.916.